The Hall–Kier alpha value is -2.96. The number of fused-ring (bicyclic) bond motifs is 1. The third kappa shape index (κ3) is 2.61. The largest absolute Gasteiger partial charge is 0.464 e. The number of halogens is 1. The first-order valence-corrected chi connectivity index (χ1v) is 6.93. The highest BCUT2D eigenvalue weighted by molar-refractivity contribution is 6.18. The first kappa shape index (κ1) is 15.0. The lowest BCUT2D eigenvalue weighted by atomic mass is 10.0. The Morgan fingerprint density at radius 1 is 1.39 bits per heavy atom. The molecular formula is C16H14FN3O3. The van der Waals surface area contributed by atoms with Gasteiger partial charge in [0.1, 0.15) is 5.82 Å². The SMILES string of the molecule is Cc1ccc(NC(=O)[C@]2(C)Oc3cccnc3NC2=O)cc1F. The zero-order valence-electron chi connectivity index (χ0n) is 12.5. The maximum Gasteiger partial charge on any atom is 0.279 e. The summed E-state index contributed by atoms with van der Waals surface area (Å²) >= 11 is 0. The minimum absolute atomic E-state index is 0.243. The summed E-state index contributed by atoms with van der Waals surface area (Å²) in [5, 5.41) is 5.02. The van der Waals surface area contributed by atoms with Crippen LogP contribution in [-0.2, 0) is 9.59 Å². The number of hydrogen-bond acceptors (Lipinski definition) is 4. The molecule has 0 fully saturated rings. The molecule has 0 saturated heterocycles. The topological polar surface area (TPSA) is 80.3 Å². The summed E-state index contributed by atoms with van der Waals surface area (Å²) < 4.78 is 19.1. The van der Waals surface area contributed by atoms with Crippen molar-refractivity contribution in [3.05, 3.63) is 47.9 Å². The molecule has 0 bridgehead atoms. The number of carbonyl (C=O) groups excluding carboxylic acids is 2. The van der Waals surface area contributed by atoms with E-state index < -0.39 is 23.2 Å². The molecule has 118 valence electrons. The Labute approximate surface area is 131 Å². The van der Waals surface area contributed by atoms with Crippen LogP contribution in [0.2, 0.25) is 0 Å². The summed E-state index contributed by atoms with van der Waals surface area (Å²) in [6, 6.07) is 7.50. The minimum atomic E-state index is -1.78. The number of aryl methyl sites for hydroxylation is 1. The molecule has 0 unspecified atom stereocenters. The smallest absolute Gasteiger partial charge is 0.279 e. The number of hydrogen-bond donors (Lipinski definition) is 2. The molecule has 1 aromatic heterocycles. The van der Waals surface area contributed by atoms with Crippen LogP contribution in [0.3, 0.4) is 0 Å². The first-order valence-electron chi connectivity index (χ1n) is 6.93. The zero-order valence-corrected chi connectivity index (χ0v) is 12.5. The summed E-state index contributed by atoms with van der Waals surface area (Å²) in [5.74, 6) is -1.25. The Bertz CT molecular complexity index is 809. The van der Waals surface area contributed by atoms with E-state index in [0.717, 1.165) is 0 Å². The molecule has 2 aromatic rings. The van der Waals surface area contributed by atoms with Gasteiger partial charge in [0.2, 0.25) is 0 Å². The summed E-state index contributed by atoms with van der Waals surface area (Å²) in [7, 11) is 0. The van der Waals surface area contributed by atoms with E-state index in [1.54, 1.807) is 25.1 Å². The molecule has 1 aliphatic rings. The van der Waals surface area contributed by atoms with Gasteiger partial charge in [-0.2, -0.15) is 0 Å². The summed E-state index contributed by atoms with van der Waals surface area (Å²) in [5.41, 5.74) is -1.08. The first-order chi connectivity index (χ1) is 10.9. The molecule has 2 amide bonds. The third-order valence-corrected chi connectivity index (χ3v) is 3.61. The molecule has 3 rings (SSSR count). The number of anilines is 2. The fourth-order valence-corrected chi connectivity index (χ4v) is 2.13. The number of amides is 2. The molecule has 0 saturated carbocycles. The molecule has 1 aliphatic heterocycles. The van der Waals surface area contributed by atoms with Gasteiger partial charge in [-0.05, 0) is 43.7 Å². The number of pyridine rings is 1. The molecule has 1 aromatic carbocycles. The van der Waals surface area contributed by atoms with Gasteiger partial charge >= 0.3 is 0 Å². The van der Waals surface area contributed by atoms with Gasteiger partial charge < -0.3 is 15.4 Å². The van der Waals surface area contributed by atoms with Gasteiger partial charge in [0, 0.05) is 11.9 Å². The third-order valence-electron chi connectivity index (χ3n) is 3.61. The van der Waals surface area contributed by atoms with Crippen molar-refractivity contribution in [3.8, 4) is 5.75 Å². The Morgan fingerprint density at radius 2 is 2.17 bits per heavy atom. The highest BCUT2D eigenvalue weighted by atomic mass is 19.1. The van der Waals surface area contributed by atoms with Crippen molar-refractivity contribution in [2.45, 2.75) is 19.4 Å². The standard InChI is InChI=1S/C16H14FN3O3/c1-9-5-6-10(8-11(9)17)19-14(21)16(2)15(22)20-13-12(23-16)4-3-7-18-13/h3-8H,1-2H3,(H,19,21)(H,18,20,22)/t16-/m0/s1. The average molecular weight is 315 g/mol. The van der Waals surface area contributed by atoms with Crippen LogP contribution in [-0.4, -0.2) is 22.4 Å². The fourth-order valence-electron chi connectivity index (χ4n) is 2.13. The predicted octanol–water partition coefficient (Wildman–Crippen LogP) is 2.26. The van der Waals surface area contributed by atoms with Crippen LogP contribution in [0.1, 0.15) is 12.5 Å². The van der Waals surface area contributed by atoms with Crippen molar-refractivity contribution in [1.29, 1.82) is 0 Å². The molecule has 6 nitrogen and oxygen atoms in total. The zero-order chi connectivity index (χ0) is 16.6. The van der Waals surface area contributed by atoms with Gasteiger partial charge in [-0.1, -0.05) is 6.07 Å². The van der Waals surface area contributed by atoms with Gasteiger partial charge in [-0.25, -0.2) is 9.37 Å². The number of ether oxygens (including phenoxy) is 1. The second kappa shape index (κ2) is 5.35. The highest BCUT2D eigenvalue weighted by Crippen LogP contribution is 2.32. The quantitative estimate of drug-likeness (QED) is 0.833. The number of aromatic nitrogens is 1. The van der Waals surface area contributed by atoms with Crippen LogP contribution in [0.15, 0.2) is 36.5 Å². The van der Waals surface area contributed by atoms with E-state index in [1.807, 2.05) is 0 Å². The fraction of sp³-hybridized carbons (Fsp3) is 0.188. The lowest BCUT2D eigenvalue weighted by Crippen LogP contribution is -2.56. The van der Waals surface area contributed by atoms with E-state index in [-0.39, 0.29) is 11.5 Å². The molecular weight excluding hydrogens is 301 g/mol. The van der Waals surface area contributed by atoms with Crippen LogP contribution >= 0.6 is 0 Å². The number of carbonyl (C=O) groups is 2. The Kier molecular flexibility index (Phi) is 3.48. The molecule has 0 radical (unpaired) electrons. The van der Waals surface area contributed by atoms with Gasteiger partial charge in [0.05, 0.1) is 0 Å². The van der Waals surface area contributed by atoms with Crippen molar-refractivity contribution in [2.75, 3.05) is 10.6 Å². The number of benzene rings is 1. The van der Waals surface area contributed by atoms with E-state index >= 15 is 0 Å². The molecule has 2 heterocycles. The summed E-state index contributed by atoms with van der Waals surface area (Å²) in [4.78, 5) is 28.6. The molecule has 23 heavy (non-hydrogen) atoms. The number of nitrogens with zero attached hydrogens (tertiary/aromatic N) is 1. The van der Waals surface area contributed by atoms with Gasteiger partial charge in [-0.15, -0.1) is 0 Å². The Morgan fingerprint density at radius 3 is 2.91 bits per heavy atom. The van der Waals surface area contributed by atoms with Crippen LogP contribution in [0.5, 0.6) is 5.75 Å². The second-order valence-electron chi connectivity index (χ2n) is 5.36. The normalized spacial score (nSPS) is 19.3. The van der Waals surface area contributed by atoms with Crippen LogP contribution in [0, 0.1) is 12.7 Å². The molecule has 1 atom stereocenters. The van der Waals surface area contributed by atoms with E-state index in [1.165, 1.54) is 25.3 Å². The monoisotopic (exact) mass is 315 g/mol. The van der Waals surface area contributed by atoms with Gasteiger partial charge in [-0.3, -0.25) is 9.59 Å². The number of rotatable bonds is 2. The highest BCUT2D eigenvalue weighted by Gasteiger charge is 2.47. The van der Waals surface area contributed by atoms with Crippen LogP contribution in [0.4, 0.5) is 15.9 Å². The Balaban J connectivity index is 1.86. The summed E-state index contributed by atoms with van der Waals surface area (Å²) in [6.45, 7) is 2.96. The average Bonchev–Trinajstić information content (AvgIpc) is 2.52. The molecule has 7 heteroatoms. The maximum absolute atomic E-state index is 13.6. The summed E-state index contributed by atoms with van der Waals surface area (Å²) in [6.07, 6.45) is 1.50. The van der Waals surface area contributed by atoms with Crippen LogP contribution < -0.4 is 15.4 Å². The van der Waals surface area contributed by atoms with Crippen molar-refractivity contribution in [3.63, 3.8) is 0 Å². The molecule has 0 aliphatic carbocycles. The second-order valence-corrected chi connectivity index (χ2v) is 5.36. The van der Waals surface area contributed by atoms with E-state index in [2.05, 4.69) is 15.6 Å². The minimum Gasteiger partial charge on any atom is -0.464 e. The van der Waals surface area contributed by atoms with Gasteiger partial charge in [0.25, 0.3) is 17.4 Å². The van der Waals surface area contributed by atoms with Crippen molar-refractivity contribution in [2.24, 2.45) is 0 Å². The van der Waals surface area contributed by atoms with Crippen molar-refractivity contribution >= 4 is 23.3 Å². The van der Waals surface area contributed by atoms with Gasteiger partial charge in [0.15, 0.2) is 11.6 Å². The lowest BCUT2D eigenvalue weighted by Gasteiger charge is -2.32. The predicted molar refractivity (Wildman–Crippen MR) is 81.7 cm³/mol. The number of nitrogens with one attached hydrogen (secondary N) is 2. The van der Waals surface area contributed by atoms with Crippen molar-refractivity contribution < 1.29 is 18.7 Å². The maximum atomic E-state index is 13.6. The van der Waals surface area contributed by atoms with E-state index in [9.17, 15) is 14.0 Å². The lowest BCUT2D eigenvalue weighted by molar-refractivity contribution is -0.143. The van der Waals surface area contributed by atoms with Crippen LogP contribution in [0.25, 0.3) is 0 Å². The van der Waals surface area contributed by atoms with E-state index in [4.69, 9.17) is 4.74 Å². The van der Waals surface area contributed by atoms with Crippen molar-refractivity contribution in [1.82, 2.24) is 4.98 Å². The molecule has 0 spiro atoms. The molecule has 2 N–H and O–H groups in total. The van der Waals surface area contributed by atoms with E-state index in [0.29, 0.717) is 11.3 Å².